The molecule has 3 aromatic carbocycles. The van der Waals surface area contributed by atoms with Crippen molar-refractivity contribution in [2.75, 3.05) is 17.1 Å². The zero-order valence-electron chi connectivity index (χ0n) is 18.1. The van der Waals surface area contributed by atoms with Gasteiger partial charge in [-0.1, -0.05) is 30.3 Å². The molecule has 1 heterocycles. The highest BCUT2D eigenvalue weighted by Crippen LogP contribution is 2.31. The number of ether oxygens (including phenoxy) is 1. The normalized spacial score (nSPS) is 12.1. The Morgan fingerprint density at radius 1 is 1.03 bits per heavy atom. The lowest BCUT2D eigenvalue weighted by atomic mass is 10.1. The first-order valence-corrected chi connectivity index (χ1v) is 11.7. The summed E-state index contributed by atoms with van der Waals surface area (Å²) >= 11 is 0. The van der Waals surface area contributed by atoms with Crippen LogP contribution < -0.4 is 14.8 Å². The fourth-order valence-corrected chi connectivity index (χ4v) is 4.45. The molecule has 1 atom stereocenters. The molecule has 1 amide bonds. The van der Waals surface area contributed by atoms with E-state index in [0.29, 0.717) is 5.69 Å². The minimum atomic E-state index is -4.03. The fourth-order valence-electron chi connectivity index (χ4n) is 3.39. The number of amides is 1. The SMILES string of the molecule is COc1ccc(NC(=O)C(c2ccccc2)n2cccn2)cc1NS(=O)(=O)c1ccc(F)cc1. The van der Waals surface area contributed by atoms with Crippen molar-refractivity contribution in [3.63, 3.8) is 0 Å². The maximum absolute atomic E-state index is 13.2. The first-order chi connectivity index (χ1) is 16.4. The van der Waals surface area contributed by atoms with E-state index in [1.54, 1.807) is 24.5 Å². The maximum atomic E-state index is 13.2. The van der Waals surface area contributed by atoms with E-state index in [0.717, 1.165) is 29.8 Å². The van der Waals surface area contributed by atoms with E-state index in [-0.39, 0.29) is 22.2 Å². The van der Waals surface area contributed by atoms with Crippen molar-refractivity contribution in [3.8, 4) is 5.75 Å². The molecule has 0 aliphatic rings. The third-order valence-electron chi connectivity index (χ3n) is 4.99. The van der Waals surface area contributed by atoms with Gasteiger partial charge in [0.2, 0.25) is 0 Å². The Morgan fingerprint density at radius 2 is 1.76 bits per heavy atom. The number of methoxy groups -OCH3 is 1. The second-order valence-corrected chi connectivity index (χ2v) is 8.95. The molecule has 0 aliphatic carbocycles. The van der Waals surface area contributed by atoms with E-state index in [4.69, 9.17) is 4.74 Å². The Kier molecular flexibility index (Phi) is 6.60. The Balaban J connectivity index is 1.62. The lowest BCUT2D eigenvalue weighted by Gasteiger charge is -2.19. The van der Waals surface area contributed by atoms with Crippen molar-refractivity contribution in [1.29, 1.82) is 0 Å². The molecule has 0 saturated carbocycles. The van der Waals surface area contributed by atoms with Crippen molar-refractivity contribution in [2.45, 2.75) is 10.9 Å². The fraction of sp³-hybridized carbons (Fsp3) is 0.0833. The summed E-state index contributed by atoms with van der Waals surface area (Å²) in [7, 11) is -2.63. The van der Waals surface area contributed by atoms with Crippen LogP contribution in [0.3, 0.4) is 0 Å². The lowest BCUT2D eigenvalue weighted by molar-refractivity contribution is -0.118. The summed E-state index contributed by atoms with van der Waals surface area (Å²) in [6.45, 7) is 0. The summed E-state index contributed by atoms with van der Waals surface area (Å²) in [6.07, 6.45) is 3.27. The van der Waals surface area contributed by atoms with Crippen LogP contribution in [0.15, 0.2) is 96.2 Å². The van der Waals surface area contributed by atoms with Crippen LogP contribution in [0.4, 0.5) is 15.8 Å². The van der Waals surface area contributed by atoms with Gasteiger partial charge in [0, 0.05) is 18.1 Å². The van der Waals surface area contributed by atoms with Crippen LogP contribution in [0.1, 0.15) is 11.6 Å². The second kappa shape index (κ2) is 9.75. The van der Waals surface area contributed by atoms with E-state index < -0.39 is 21.9 Å². The molecule has 0 aliphatic heterocycles. The van der Waals surface area contributed by atoms with Crippen LogP contribution in [-0.2, 0) is 14.8 Å². The molecule has 0 saturated heterocycles. The topological polar surface area (TPSA) is 102 Å². The molecule has 2 N–H and O–H groups in total. The van der Waals surface area contributed by atoms with Gasteiger partial charge in [-0.15, -0.1) is 0 Å². The molecule has 4 aromatic rings. The molecular weight excluding hydrogens is 459 g/mol. The van der Waals surface area contributed by atoms with Gasteiger partial charge in [-0.25, -0.2) is 12.8 Å². The van der Waals surface area contributed by atoms with Gasteiger partial charge in [0.05, 0.1) is 17.7 Å². The number of hydrogen-bond acceptors (Lipinski definition) is 5. The standard InChI is InChI=1S/C24H21FN4O4S/c1-33-22-13-10-19(16-21(22)28-34(31,32)20-11-8-18(25)9-12-20)27-24(30)23(29-15-5-14-26-29)17-6-3-2-4-7-17/h2-16,23,28H,1H3,(H,27,30). The van der Waals surface area contributed by atoms with Gasteiger partial charge in [-0.2, -0.15) is 5.10 Å². The quantitative estimate of drug-likeness (QED) is 0.396. The Hall–Kier alpha value is -4.18. The van der Waals surface area contributed by atoms with Crippen LogP contribution in [0, 0.1) is 5.82 Å². The highest BCUT2D eigenvalue weighted by atomic mass is 32.2. The molecule has 1 unspecified atom stereocenters. The Labute approximate surface area is 196 Å². The monoisotopic (exact) mass is 480 g/mol. The summed E-state index contributed by atoms with van der Waals surface area (Å²) in [5.41, 5.74) is 1.19. The van der Waals surface area contributed by atoms with E-state index in [1.807, 2.05) is 30.3 Å². The highest BCUT2D eigenvalue weighted by molar-refractivity contribution is 7.92. The number of aromatic nitrogens is 2. The number of nitrogens with one attached hydrogen (secondary N) is 2. The van der Waals surface area contributed by atoms with Gasteiger partial charge in [-0.05, 0) is 54.1 Å². The minimum absolute atomic E-state index is 0.111. The van der Waals surface area contributed by atoms with Crippen molar-refractivity contribution in [2.24, 2.45) is 0 Å². The smallest absolute Gasteiger partial charge is 0.262 e. The van der Waals surface area contributed by atoms with Crippen molar-refractivity contribution in [1.82, 2.24) is 9.78 Å². The maximum Gasteiger partial charge on any atom is 0.262 e. The van der Waals surface area contributed by atoms with Crippen molar-refractivity contribution < 1.29 is 22.3 Å². The third-order valence-corrected chi connectivity index (χ3v) is 6.37. The van der Waals surface area contributed by atoms with Crippen LogP contribution in [-0.4, -0.2) is 31.2 Å². The predicted octanol–water partition coefficient (Wildman–Crippen LogP) is 4.06. The average molecular weight is 481 g/mol. The van der Waals surface area contributed by atoms with E-state index >= 15 is 0 Å². The van der Waals surface area contributed by atoms with Gasteiger partial charge in [0.1, 0.15) is 11.6 Å². The number of benzene rings is 3. The molecule has 10 heteroatoms. The number of carbonyl (C=O) groups is 1. The largest absolute Gasteiger partial charge is 0.495 e. The number of hydrogen-bond donors (Lipinski definition) is 2. The summed E-state index contributed by atoms with van der Waals surface area (Å²) in [5, 5.41) is 7.02. The zero-order valence-corrected chi connectivity index (χ0v) is 18.9. The van der Waals surface area contributed by atoms with E-state index in [1.165, 1.54) is 23.9 Å². The van der Waals surface area contributed by atoms with Gasteiger partial charge in [0.25, 0.3) is 15.9 Å². The minimum Gasteiger partial charge on any atom is -0.495 e. The van der Waals surface area contributed by atoms with Crippen LogP contribution in [0.5, 0.6) is 5.75 Å². The molecule has 0 fully saturated rings. The summed E-state index contributed by atoms with van der Waals surface area (Å²) in [4.78, 5) is 13.1. The molecule has 8 nitrogen and oxygen atoms in total. The molecule has 0 radical (unpaired) electrons. The van der Waals surface area contributed by atoms with Crippen LogP contribution in [0.25, 0.3) is 0 Å². The summed E-state index contributed by atoms with van der Waals surface area (Å²) in [6, 6.07) is 19.1. The molecule has 0 spiro atoms. The lowest BCUT2D eigenvalue weighted by Crippen LogP contribution is -2.27. The third kappa shape index (κ3) is 5.07. The first-order valence-electron chi connectivity index (χ1n) is 10.2. The Bertz CT molecular complexity index is 1380. The molecule has 1 aromatic heterocycles. The van der Waals surface area contributed by atoms with E-state index in [9.17, 15) is 17.6 Å². The molecule has 34 heavy (non-hydrogen) atoms. The zero-order chi connectivity index (χ0) is 24.1. The molecular formula is C24H21FN4O4S. The molecule has 0 bridgehead atoms. The summed E-state index contributed by atoms with van der Waals surface area (Å²) < 4.78 is 48.0. The van der Waals surface area contributed by atoms with Crippen LogP contribution in [0.2, 0.25) is 0 Å². The molecule has 4 rings (SSSR count). The van der Waals surface area contributed by atoms with Gasteiger partial charge in [0.15, 0.2) is 6.04 Å². The van der Waals surface area contributed by atoms with Gasteiger partial charge in [-0.3, -0.25) is 14.2 Å². The van der Waals surface area contributed by atoms with Crippen LogP contribution >= 0.6 is 0 Å². The van der Waals surface area contributed by atoms with Crippen molar-refractivity contribution >= 4 is 27.3 Å². The number of nitrogens with zero attached hydrogens (tertiary/aromatic N) is 2. The number of halogens is 1. The highest BCUT2D eigenvalue weighted by Gasteiger charge is 2.24. The average Bonchev–Trinajstić information content (AvgIpc) is 3.34. The molecule has 174 valence electrons. The van der Waals surface area contributed by atoms with Crippen molar-refractivity contribution in [3.05, 3.63) is 103 Å². The van der Waals surface area contributed by atoms with E-state index in [2.05, 4.69) is 15.1 Å². The number of anilines is 2. The summed E-state index contributed by atoms with van der Waals surface area (Å²) in [5.74, 6) is -0.672. The second-order valence-electron chi connectivity index (χ2n) is 7.26. The number of carbonyl (C=O) groups excluding carboxylic acids is 1. The Morgan fingerprint density at radius 3 is 2.41 bits per heavy atom. The predicted molar refractivity (Wildman–Crippen MR) is 126 cm³/mol. The first kappa shape index (κ1) is 23.0. The van der Waals surface area contributed by atoms with Gasteiger partial charge >= 0.3 is 0 Å². The number of sulfonamides is 1. The number of rotatable bonds is 8. The van der Waals surface area contributed by atoms with Gasteiger partial charge < -0.3 is 10.1 Å².